The van der Waals surface area contributed by atoms with Crippen molar-refractivity contribution in [2.45, 2.75) is 25.8 Å². The van der Waals surface area contributed by atoms with Crippen LogP contribution in [-0.2, 0) is 16.0 Å². The van der Waals surface area contributed by atoms with Gasteiger partial charge in [0.25, 0.3) is 0 Å². The molecule has 5 nitrogen and oxygen atoms in total. The number of amides is 1. The number of ether oxygens (including phenoxy) is 1. The van der Waals surface area contributed by atoms with E-state index in [1.165, 1.54) is 0 Å². The van der Waals surface area contributed by atoms with Gasteiger partial charge in [0.2, 0.25) is 5.91 Å². The van der Waals surface area contributed by atoms with Crippen LogP contribution in [0.5, 0.6) is 0 Å². The molecule has 1 saturated heterocycles. The Morgan fingerprint density at radius 1 is 1.22 bits per heavy atom. The van der Waals surface area contributed by atoms with Crippen LogP contribution >= 0.6 is 23.2 Å². The summed E-state index contributed by atoms with van der Waals surface area (Å²) in [6, 6.07) is 9.28. The standard InChI is InChI=1S/C20H24Cl2N2O3/c1-14-2-6-19(27-14)18(24-8-10-26-11-9-24)13-23-20(25)7-4-15-3-5-16(21)12-17(15)22/h2-3,5-6,12,18H,4,7-11,13H2,1H3,(H,23,25)/t18-/m0/s1. The van der Waals surface area contributed by atoms with Gasteiger partial charge in [-0.05, 0) is 43.2 Å². The number of hydrogen-bond donors (Lipinski definition) is 1. The number of aryl methyl sites for hydroxylation is 2. The predicted molar refractivity (Wildman–Crippen MR) is 106 cm³/mol. The number of benzene rings is 1. The summed E-state index contributed by atoms with van der Waals surface area (Å²) in [5, 5.41) is 4.22. The SMILES string of the molecule is Cc1ccc([C@H](CNC(=O)CCc2ccc(Cl)cc2Cl)N2CCOCC2)o1. The second-order valence-electron chi connectivity index (χ2n) is 6.65. The van der Waals surface area contributed by atoms with Gasteiger partial charge in [0.05, 0.1) is 19.3 Å². The lowest BCUT2D eigenvalue weighted by Crippen LogP contribution is -2.43. The van der Waals surface area contributed by atoms with Gasteiger partial charge in [-0.15, -0.1) is 0 Å². The Labute approximate surface area is 169 Å². The topological polar surface area (TPSA) is 54.7 Å². The number of rotatable bonds is 7. The fraction of sp³-hybridized carbons (Fsp3) is 0.450. The van der Waals surface area contributed by atoms with Crippen LogP contribution in [0.2, 0.25) is 10.0 Å². The molecule has 0 bridgehead atoms. The van der Waals surface area contributed by atoms with Gasteiger partial charge in [-0.3, -0.25) is 9.69 Å². The largest absolute Gasteiger partial charge is 0.465 e. The molecule has 1 aliphatic rings. The van der Waals surface area contributed by atoms with E-state index in [1.807, 2.05) is 25.1 Å². The molecule has 1 N–H and O–H groups in total. The first-order chi connectivity index (χ1) is 13.0. The van der Waals surface area contributed by atoms with Crippen LogP contribution in [0.15, 0.2) is 34.7 Å². The first-order valence-corrected chi connectivity index (χ1v) is 9.87. The predicted octanol–water partition coefficient (Wildman–Crippen LogP) is 4.02. The van der Waals surface area contributed by atoms with E-state index in [9.17, 15) is 4.79 Å². The van der Waals surface area contributed by atoms with E-state index in [-0.39, 0.29) is 11.9 Å². The molecule has 0 aliphatic carbocycles. The highest BCUT2D eigenvalue weighted by molar-refractivity contribution is 6.35. The molecule has 27 heavy (non-hydrogen) atoms. The van der Waals surface area contributed by atoms with Crippen molar-refractivity contribution in [2.75, 3.05) is 32.8 Å². The van der Waals surface area contributed by atoms with Crippen molar-refractivity contribution in [2.24, 2.45) is 0 Å². The van der Waals surface area contributed by atoms with Crippen LogP contribution < -0.4 is 5.32 Å². The van der Waals surface area contributed by atoms with Gasteiger partial charge in [0.15, 0.2) is 0 Å². The summed E-state index contributed by atoms with van der Waals surface area (Å²) in [4.78, 5) is 14.7. The molecule has 2 heterocycles. The number of nitrogens with one attached hydrogen (secondary N) is 1. The number of nitrogens with zero attached hydrogens (tertiary/aromatic N) is 1. The third-order valence-electron chi connectivity index (χ3n) is 4.71. The minimum Gasteiger partial charge on any atom is -0.465 e. The number of furan rings is 1. The lowest BCUT2D eigenvalue weighted by molar-refractivity contribution is -0.121. The fourth-order valence-electron chi connectivity index (χ4n) is 3.20. The van der Waals surface area contributed by atoms with E-state index in [0.29, 0.717) is 42.6 Å². The summed E-state index contributed by atoms with van der Waals surface area (Å²) in [7, 11) is 0. The summed E-state index contributed by atoms with van der Waals surface area (Å²) < 4.78 is 11.3. The van der Waals surface area contributed by atoms with Crippen molar-refractivity contribution >= 4 is 29.1 Å². The summed E-state index contributed by atoms with van der Waals surface area (Å²) in [5.74, 6) is 1.73. The van der Waals surface area contributed by atoms with Crippen LogP contribution in [0.25, 0.3) is 0 Å². The molecule has 1 atom stereocenters. The van der Waals surface area contributed by atoms with Gasteiger partial charge in [-0.2, -0.15) is 0 Å². The maximum atomic E-state index is 12.4. The van der Waals surface area contributed by atoms with E-state index >= 15 is 0 Å². The van der Waals surface area contributed by atoms with Crippen molar-refractivity contribution in [3.63, 3.8) is 0 Å². The molecule has 0 spiro atoms. The summed E-state index contributed by atoms with van der Waals surface area (Å²) >= 11 is 12.1. The zero-order valence-corrected chi connectivity index (χ0v) is 16.9. The van der Waals surface area contributed by atoms with E-state index in [4.69, 9.17) is 32.4 Å². The van der Waals surface area contributed by atoms with Crippen LogP contribution in [0.4, 0.5) is 0 Å². The molecule has 1 aromatic carbocycles. The molecule has 7 heteroatoms. The Kier molecular flexibility index (Phi) is 7.19. The molecular weight excluding hydrogens is 387 g/mol. The molecule has 0 unspecified atom stereocenters. The number of halogens is 2. The molecule has 1 fully saturated rings. The molecule has 2 aromatic rings. The highest BCUT2D eigenvalue weighted by atomic mass is 35.5. The van der Waals surface area contributed by atoms with Gasteiger partial charge in [0, 0.05) is 36.1 Å². The average Bonchev–Trinajstić information content (AvgIpc) is 3.08. The average molecular weight is 411 g/mol. The first kappa shape index (κ1) is 20.2. The van der Waals surface area contributed by atoms with Crippen molar-refractivity contribution in [3.05, 3.63) is 57.5 Å². The second kappa shape index (κ2) is 9.60. The highest BCUT2D eigenvalue weighted by Gasteiger charge is 2.25. The number of carbonyl (C=O) groups is 1. The number of carbonyl (C=O) groups excluding carboxylic acids is 1. The molecule has 1 aliphatic heterocycles. The Hall–Kier alpha value is -1.53. The Balaban J connectivity index is 1.56. The van der Waals surface area contributed by atoms with Gasteiger partial charge < -0.3 is 14.5 Å². The quantitative estimate of drug-likeness (QED) is 0.748. The van der Waals surface area contributed by atoms with Crippen LogP contribution in [-0.4, -0.2) is 43.7 Å². The van der Waals surface area contributed by atoms with E-state index in [1.54, 1.807) is 12.1 Å². The van der Waals surface area contributed by atoms with Crippen LogP contribution in [0.3, 0.4) is 0 Å². The molecule has 3 rings (SSSR count). The number of hydrogen-bond acceptors (Lipinski definition) is 4. The van der Waals surface area contributed by atoms with E-state index < -0.39 is 0 Å². The Morgan fingerprint density at radius 2 is 2.00 bits per heavy atom. The van der Waals surface area contributed by atoms with Gasteiger partial charge in [-0.1, -0.05) is 29.3 Å². The van der Waals surface area contributed by atoms with Crippen molar-refractivity contribution in [1.82, 2.24) is 10.2 Å². The third-order valence-corrected chi connectivity index (χ3v) is 5.29. The van der Waals surface area contributed by atoms with E-state index in [0.717, 1.165) is 30.2 Å². The van der Waals surface area contributed by atoms with Gasteiger partial charge in [-0.25, -0.2) is 0 Å². The molecular formula is C20H24Cl2N2O3. The third kappa shape index (κ3) is 5.72. The maximum absolute atomic E-state index is 12.4. The van der Waals surface area contributed by atoms with Crippen LogP contribution in [0, 0.1) is 6.92 Å². The number of morpholine rings is 1. The first-order valence-electron chi connectivity index (χ1n) is 9.11. The van der Waals surface area contributed by atoms with Crippen molar-refractivity contribution in [3.8, 4) is 0 Å². The molecule has 0 saturated carbocycles. The molecule has 1 amide bonds. The lowest BCUT2D eigenvalue weighted by atomic mass is 10.1. The van der Waals surface area contributed by atoms with Crippen molar-refractivity contribution in [1.29, 1.82) is 0 Å². The monoisotopic (exact) mass is 410 g/mol. The normalized spacial score (nSPS) is 16.3. The summed E-state index contributed by atoms with van der Waals surface area (Å²) in [6.45, 7) is 5.45. The van der Waals surface area contributed by atoms with Crippen LogP contribution in [0.1, 0.15) is 29.5 Å². The maximum Gasteiger partial charge on any atom is 0.220 e. The van der Waals surface area contributed by atoms with Gasteiger partial charge in [0.1, 0.15) is 11.5 Å². The molecule has 1 aromatic heterocycles. The zero-order chi connectivity index (χ0) is 19.2. The minimum absolute atomic E-state index is 0.00525. The smallest absolute Gasteiger partial charge is 0.220 e. The zero-order valence-electron chi connectivity index (χ0n) is 15.3. The minimum atomic E-state index is -0.0115. The van der Waals surface area contributed by atoms with Gasteiger partial charge >= 0.3 is 0 Å². The Bertz CT molecular complexity index is 772. The van der Waals surface area contributed by atoms with Crippen molar-refractivity contribution < 1.29 is 13.9 Å². The fourth-order valence-corrected chi connectivity index (χ4v) is 3.71. The Morgan fingerprint density at radius 3 is 2.67 bits per heavy atom. The summed E-state index contributed by atoms with van der Waals surface area (Å²) in [6.07, 6.45) is 0.943. The second-order valence-corrected chi connectivity index (χ2v) is 7.50. The highest BCUT2D eigenvalue weighted by Crippen LogP contribution is 2.24. The molecule has 0 radical (unpaired) electrons. The lowest BCUT2D eigenvalue weighted by Gasteiger charge is -2.33. The summed E-state index contributed by atoms with van der Waals surface area (Å²) in [5.41, 5.74) is 0.919. The molecule has 146 valence electrons. The van der Waals surface area contributed by atoms with E-state index in [2.05, 4.69) is 10.2 Å².